The molecule has 0 saturated heterocycles. The highest BCUT2D eigenvalue weighted by molar-refractivity contribution is 7.09. The van der Waals surface area contributed by atoms with Gasteiger partial charge in [0, 0.05) is 43.4 Å². The Morgan fingerprint density at radius 1 is 0.848 bits per heavy atom. The highest BCUT2D eigenvalue weighted by atomic mass is 32.1. The molecule has 3 N–H and O–H groups in total. The maximum atomic E-state index is 13.7. The fourth-order valence-corrected chi connectivity index (χ4v) is 6.35. The Bertz CT molecular complexity index is 1460. The van der Waals surface area contributed by atoms with Gasteiger partial charge in [0.2, 0.25) is 0 Å². The zero-order valence-electron chi connectivity index (χ0n) is 25.9. The summed E-state index contributed by atoms with van der Waals surface area (Å²) in [6.07, 6.45) is 5.76. The number of Topliss-reactive ketones (excluding diaryl/α,β-unsaturated/α-hetero) is 1. The van der Waals surface area contributed by atoms with Gasteiger partial charge in [-0.1, -0.05) is 60.7 Å². The lowest BCUT2D eigenvalue weighted by atomic mass is 9.86. The second-order valence-corrected chi connectivity index (χ2v) is 13.2. The second-order valence-electron chi connectivity index (χ2n) is 11.2. The molecular weight excluding hydrogens is 623 g/mol. The number of alkyl carbamates (subject to hydrolysis) is 1. The molecule has 3 unspecified atom stereocenters. The van der Waals surface area contributed by atoms with E-state index in [1.807, 2.05) is 60.7 Å². The van der Waals surface area contributed by atoms with Crippen molar-refractivity contribution in [1.82, 2.24) is 25.5 Å². The van der Waals surface area contributed by atoms with E-state index in [2.05, 4.69) is 20.6 Å². The van der Waals surface area contributed by atoms with E-state index in [1.54, 1.807) is 30.5 Å². The summed E-state index contributed by atoms with van der Waals surface area (Å²) in [6.45, 7) is 0.290. The summed E-state index contributed by atoms with van der Waals surface area (Å²) in [5.74, 6) is -0.192. The number of ketones is 1. The number of aliphatic hydroxyl groups is 1. The molecule has 4 aromatic rings. The number of rotatable bonds is 18. The molecule has 0 aliphatic carbocycles. The van der Waals surface area contributed by atoms with Crippen molar-refractivity contribution in [3.63, 3.8) is 0 Å². The van der Waals surface area contributed by atoms with Crippen LogP contribution in [-0.4, -0.2) is 63.6 Å². The van der Waals surface area contributed by atoms with Crippen LogP contribution in [0.4, 0.5) is 9.59 Å². The van der Waals surface area contributed by atoms with E-state index in [4.69, 9.17) is 4.74 Å². The van der Waals surface area contributed by atoms with Crippen molar-refractivity contribution in [1.29, 1.82) is 0 Å². The second kappa shape index (κ2) is 18.7. The molecule has 0 aliphatic rings. The van der Waals surface area contributed by atoms with E-state index in [9.17, 15) is 19.5 Å². The third kappa shape index (κ3) is 12.0. The maximum absolute atomic E-state index is 13.7. The smallest absolute Gasteiger partial charge is 0.407 e. The largest absolute Gasteiger partial charge is 0.444 e. The number of hydrogen-bond donors (Lipinski definition) is 3. The van der Waals surface area contributed by atoms with Crippen molar-refractivity contribution < 1.29 is 24.2 Å². The molecule has 2 heterocycles. The summed E-state index contributed by atoms with van der Waals surface area (Å²) < 4.78 is 5.46. The number of carbonyl (C=O) groups excluding carboxylic acids is 3. The van der Waals surface area contributed by atoms with E-state index >= 15 is 0 Å². The average Bonchev–Trinajstić information content (AvgIpc) is 3.78. The van der Waals surface area contributed by atoms with E-state index < -0.39 is 12.1 Å². The zero-order valence-corrected chi connectivity index (χ0v) is 27.6. The molecule has 4 rings (SSSR count). The number of hydrogen-bond acceptors (Lipinski definition) is 9. The van der Waals surface area contributed by atoms with Crippen molar-refractivity contribution in [2.75, 3.05) is 13.7 Å². The van der Waals surface area contributed by atoms with Gasteiger partial charge < -0.3 is 25.4 Å². The summed E-state index contributed by atoms with van der Waals surface area (Å²) in [4.78, 5) is 50.8. The third-order valence-electron chi connectivity index (χ3n) is 7.58. The van der Waals surface area contributed by atoms with Gasteiger partial charge in [-0.3, -0.25) is 14.8 Å². The summed E-state index contributed by atoms with van der Waals surface area (Å²) in [5.41, 5.74) is 5.58. The molecule has 0 aliphatic heterocycles. The lowest BCUT2D eigenvalue weighted by molar-refractivity contribution is -0.122. The molecular formula is C34H41N5O5S2. The van der Waals surface area contributed by atoms with Crippen molar-refractivity contribution in [2.24, 2.45) is 5.92 Å². The predicted octanol–water partition coefficient (Wildman–Crippen LogP) is 5.63. The van der Waals surface area contributed by atoms with Crippen LogP contribution in [0, 0.1) is 5.92 Å². The number of thiazole rings is 2. The number of urea groups is 1. The number of aliphatic hydroxyl groups excluding tert-OH is 1. The quantitative estimate of drug-likeness (QED) is 0.126. The minimum absolute atomic E-state index is 0.0591. The average molecular weight is 664 g/mol. The topological polar surface area (TPSA) is 134 Å². The normalized spacial score (nSPS) is 12.9. The van der Waals surface area contributed by atoms with E-state index in [0.29, 0.717) is 32.2 Å². The van der Waals surface area contributed by atoms with Crippen LogP contribution in [0.15, 0.2) is 84.1 Å². The van der Waals surface area contributed by atoms with Crippen LogP contribution < -0.4 is 10.6 Å². The summed E-state index contributed by atoms with van der Waals surface area (Å²) >= 11 is 2.87. The Hall–Kier alpha value is -4.13. The van der Waals surface area contributed by atoms with E-state index in [-0.39, 0.29) is 49.8 Å². The van der Waals surface area contributed by atoms with Gasteiger partial charge in [-0.15, -0.1) is 22.7 Å². The third-order valence-corrected chi connectivity index (χ3v) is 9.10. The molecule has 2 aromatic carbocycles. The Labute approximate surface area is 277 Å². The van der Waals surface area contributed by atoms with Gasteiger partial charge in [0.1, 0.15) is 6.61 Å². The summed E-state index contributed by atoms with van der Waals surface area (Å²) in [6, 6.07) is 18.5. The first-order chi connectivity index (χ1) is 22.4. The van der Waals surface area contributed by atoms with Crippen LogP contribution in [0.1, 0.15) is 46.6 Å². The van der Waals surface area contributed by atoms with Gasteiger partial charge in [-0.25, -0.2) is 9.59 Å². The molecule has 0 radical (unpaired) electrons. The summed E-state index contributed by atoms with van der Waals surface area (Å²) in [5, 5.41) is 15.6. The van der Waals surface area contributed by atoms with Crippen LogP contribution in [0.5, 0.6) is 0 Å². The minimum Gasteiger partial charge on any atom is -0.444 e. The van der Waals surface area contributed by atoms with Gasteiger partial charge in [0.15, 0.2) is 5.78 Å². The van der Waals surface area contributed by atoms with Crippen molar-refractivity contribution >= 4 is 40.6 Å². The monoisotopic (exact) mass is 663 g/mol. The van der Waals surface area contributed by atoms with Crippen LogP contribution in [0.2, 0.25) is 0 Å². The predicted molar refractivity (Wildman–Crippen MR) is 179 cm³/mol. The van der Waals surface area contributed by atoms with Crippen molar-refractivity contribution in [3.8, 4) is 0 Å². The first-order valence-electron chi connectivity index (χ1n) is 15.3. The number of amides is 3. The molecule has 0 fully saturated rings. The molecule has 244 valence electrons. The maximum Gasteiger partial charge on any atom is 0.407 e. The van der Waals surface area contributed by atoms with Gasteiger partial charge >= 0.3 is 12.1 Å². The minimum atomic E-state index is -0.820. The number of nitrogens with zero attached hydrogens (tertiary/aromatic N) is 3. The van der Waals surface area contributed by atoms with Crippen LogP contribution in [0.25, 0.3) is 0 Å². The molecule has 10 nitrogen and oxygen atoms in total. The molecule has 12 heteroatoms. The van der Waals surface area contributed by atoms with E-state index in [0.717, 1.165) is 20.9 Å². The lowest BCUT2D eigenvalue weighted by Crippen LogP contribution is -2.47. The van der Waals surface area contributed by atoms with Gasteiger partial charge in [0.05, 0.1) is 28.5 Å². The number of aromatic nitrogens is 2. The number of benzene rings is 2. The molecule has 0 bridgehead atoms. The summed E-state index contributed by atoms with van der Waals surface area (Å²) in [7, 11) is 1.66. The molecule has 3 amide bonds. The standard InChI is InChI=1S/C34H41N5O5S2/c1-39(21-29-19-35-23-45-29)33(42)38-31(14-15-40)32(41)18-27(16-25-8-4-2-5-9-25)12-13-28(17-26-10-6-3-7-11-26)37-34(43)44-22-30-20-36-24-46-30/h2-11,19-20,23-24,27-28,31,40H,12-18,21-22H2,1H3,(H,37,43)(H,38,42). The van der Waals surface area contributed by atoms with Gasteiger partial charge in [0.25, 0.3) is 0 Å². The van der Waals surface area contributed by atoms with Crippen molar-refractivity contribution in [3.05, 3.63) is 105 Å². The first-order valence-corrected chi connectivity index (χ1v) is 17.1. The number of ether oxygens (including phenoxy) is 1. The SMILES string of the molecule is CN(Cc1cncs1)C(=O)NC(CCO)C(=O)CC(CCC(Cc1ccccc1)NC(=O)OCc1cncs1)Cc1ccccc1. The zero-order chi connectivity index (χ0) is 32.6. The molecule has 0 saturated carbocycles. The Balaban J connectivity index is 1.42. The fourth-order valence-electron chi connectivity index (χ4n) is 5.20. The van der Waals surface area contributed by atoms with E-state index in [1.165, 1.54) is 27.6 Å². The Kier molecular flexibility index (Phi) is 14.2. The molecule has 0 spiro atoms. The first kappa shape index (κ1) is 34.7. The van der Waals surface area contributed by atoms with Crippen LogP contribution in [-0.2, 0) is 35.5 Å². The van der Waals surface area contributed by atoms with Gasteiger partial charge in [-0.05, 0) is 49.1 Å². The Morgan fingerprint density at radius 2 is 1.48 bits per heavy atom. The van der Waals surface area contributed by atoms with Crippen LogP contribution in [0.3, 0.4) is 0 Å². The number of nitrogens with one attached hydrogen (secondary N) is 2. The highest BCUT2D eigenvalue weighted by Gasteiger charge is 2.26. The molecule has 2 aromatic heterocycles. The number of carbonyl (C=O) groups is 3. The molecule has 46 heavy (non-hydrogen) atoms. The van der Waals surface area contributed by atoms with Crippen molar-refractivity contribution in [2.45, 2.75) is 63.8 Å². The van der Waals surface area contributed by atoms with Crippen LogP contribution >= 0.6 is 22.7 Å². The lowest BCUT2D eigenvalue weighted by Gasteiger charge is -2.25. The highest BCUT2D eigenvalue weighted by Crippen LogP contribution is 2.22. The Morgan fingerprint density at radius 3 is 2.09 bits per heavy atom. The van der Waals surface area contributed by atoms with Gasteiger partial charge in [-0.2, -0.15) is 0 Å². The fraction of sp³-hybridized carbons (Fsp3) is 0.382. The molecule has 3 atom stereocenters.